The molecule has 0 saturated heterocycles. The quantitative estimate of drug-likeness (QED) is 0.795. The maximum absolute atomic E-state index is 10.8. The molecule has 19 heavy (non-hydrogen) atoms. The average molecular weight is 261 g/mol. The minimum absolute atomic E-state index is 0.213. The molecular formula is C15H19NO3. The molecule has 0 bridgehead atoms. The number of aliphatic hydroxyl groups is 1. The van der Waals surface area contributed by atoms with E-state index in [1.165, 1.54) is 11.3 Å². The molecule has 4 nitrogen and oxygen atoms in total. The van der Waals surface area contributed by atoms with Crippen LogP contribution in [0, 0.1) is 0 Å². The number of carboxylic acids is 1. The Balaban J connectivity index is 2.18. The Morgan fingerprint density at radius 2 is 2.26 bits per heavy atom. The summed E-state index contributed by atoms with van der Waals surface area (Å²) in [5.41, 5.74) is 3.74. The summed E-state index contributed by atoms with van der Waals surface area (Å²) in [6.07, 6.45) is 3.45. The molecule has 1 heterocycles. The standard InChI is InChI=1S/C15H19NO3/c1-11(15(18)19)9-12-3-4-14-13(10-12)5-7-16(14)6-2-8-17/h3-4,9-10,17H,2,5-8H2,1H3,(H,18,19)/b11-9+. The Hall–Kier alpha value is -1.81. The van der Waals surface area contributed by atoms with Crippen LogP contribution in [-0.4, -0.2) is 35.9 Å². The number of hydrogen-bond acceptors (Lipinski definition) is 3. The number of anilines is 1. The van der Waals surface area contributed by atoms with Crippen molar-refractivity contribution in [3.05, 3.63) is 34.9 Å². The lowest BCUT2D eigenvalue weighted by Gasteiger charge is -2.18. The fourth-order valence-corrected chi connectivity index (χ4v) is 2.39. The Kier molecular flexibility index (Phi) is 4.22. The molecule has 2 N–H and O–H groups in total. The number of carboxylic acid groups (broad SMARTS) is 1. The first-order valence-corrected chi connectivity index (χ1v) is 6.52. The van der Waals surface area contributed by atoms with Crippen molar-refractivity contribution in [2.24, 2.45) is 0 Å². The molecule has 0 fully saturated rings. The van der Waals surface area contributed by atoms with Crippen molar-refractivity contribution in [1.29, 1.82) is 0 Å². The summed E-state index contributed by atoms with van der Waals surface area (Å²) in [5, 5.41) is 17.8. The van der Waals surface area contributed by atoms with E-state index in [0.717, 1.165) is 31.5 Å². The SMILES string of the molecule is C/C(=C\c1ccc2c(c1)CCN2CCCO)C(=O)O. The maximum atomic E-state index is 10.8. The Labute approximate surface area is 113 Å². The number of nitrogens with zero attached hydrogens (tertiary/aromatic N) is 1. The summed E-state index contributed by atoms with van der Waals surface area (Å²) in [5.74, 6) is -0.884. The van der Waals surface area contributed by atoms with Crippen molar-refractivity contribution < 1.29 is 15.0 Å². The molecule has 4 heteroatoms. The highest BCUT2D eigenvalue weighted by Gasteiger charge is 2.18. The molecule has 102 valence electrons. The zero-order valence-corrected chi connectivity index (χ0v) is 11.1. The highest BCUT2D eigenvalue weighted by Crippen LogP contribution is 2.29. The van der Waals surface area contributed by atoms with Crippen LogP contribution in [0.15, 0.2) is 23.8 Å². The summed E-state index contributed by atoms with van der Waals surface area (Å²) in [7, 11) is 0. The van der Waals surface area contributed by atoms with Crippen LogP contribution in [0.2, 0.25) is 0 Å². The fourth-order valence-electron chi connectivity index (χ4n) is 2.39. The van der Waals surface area contributed by atoms with Gasteiger partial charge in [0.1, 0.15) is 0 Å². The van der Waals surface area contributed by atoms with Crippen LogP contribution in [0.3, 0.4) is 0 Å². The van der Waals surface area contributed by atoms with Crippen LogP contribution in [0.25, 0.3) is 6.08 Å². The molecule has 0 amide bonds. The molecule has 0 unspecified atom stereocenters. The normalized spacial score (nSPS) is 14.6. The zero-order chi connectivity index (χ0) is 13.8. The maximum Gasteiger partial charge on any atom is 0.331 e. The van der Waals surface area contributed by atoms with Gasteiger partial charge in [0, 0.05) is 31.0 Å². The van der Waals surface area contributed by atoms with Crippen LogP contribution in [0.5, 0.6) is 0 Å². The molecule has 0 aromatic heterocycles. The van der Waals surface area contributed by atoms with Crippen molar-refractivity contribution in [1.82, 2.24) is 0 Å². The van der Waals surface area contributed by atoms with Gasteiger partial charge >= 0.3 is 5.97 Å². The molecular weight excluding hydrogens is 242 g/mol. The predicted molar refractivity (Wildman–Crippen MR) is 75.3 cm³/mol. The number of fused-ring (bicyclic) bond motifs is 1. The number of hydrogen-bond donors (Lipinski definition) is 2. The first kappa shape index (κ1) is 13.6. The molecule has 0 saturated carbocycles. The van der Waals surface area contributed by atoms with Crippen LogP contribution in [0.1, 0.15) is 24.5 Å². The highest BCUT2D eigenvalue weighted by molar-refractivity contribution is 5.91. The number of aliphatic carboxylic acids is 1. The lowest BCUT2D eigenvalue weighted by molar-refractivity contribution is -0.132. The Bertz CT molecular complexity index is 508. The summed E-state index contributed by atoms with van der Waals surface area (Å²) >= 11 is 0. The van der Waals surface area contributed by atoms with Gasteiger partial charge < -0.3 is 15.1 Å². The minimum atomic E-state index is -0.884. The van der Waals surface area contributed by atoms with Gasteiger partial charge in [0.15, 0.2) is 0 Å². The van der Waals surface area contributed by atoms with Gasteiger partial charge in [-0.05, 0) is 49.1 Å². The summed E-state index contributed by atoms with van der Waals surface area (Å²) in [6, 6.07) is 6.05. The van der Waals surface area contributed by atoms with Gasteiger partial charge in [-0.3, -0.25) is 0 Å². The molecule has 0 radical (unpaired) electrons. The Morgan fingerprint density at radius 1 is 1.47 bits per heavy atom. The topological polar surface area (TPSA) is 60.8 Å². The highest BCUT2D eigenvalue weighted by atomic mass is 16.4. The van der Waals surface area contributed by atoms with E-state index in [-0.39, 0.29) is 6.61 Å². The molecule has 0 spiro atoms. The van der Waals surface area contributed by atoms with Gasteiger partial charge in [0.25, 0.3) is 0 Å². The molecule has 1 aliphatic heterocycles. The lowest BCUT2D eigenvalue weighted by Crippen LogP contribution is -2.22. The second-order valence-corrected chi connectivity index (χ2v) is 4.83. The van der Waals surface area contributed by atoms with Crippen molar-refractivity contribution in [2.45, 2.75) is 19.8 Å². The monoisotopic (exact) mass is 261 g/mol. The van der Waals surface area contributed by atoms with E-state index in [1.54, 1.807) is 13.0 Å². The van der Waals surface area contributed by atoms with E-state index in [9.17, 15) is 4.79 Å². The number of rotatable bonds is 5. The first-order chi connectivity index (χ1) is 9.11. The van der Waals surface area contributed by atoms with E-state index in [0.29, 0.717) is 5.57 Å². The average Bonchev–Trinajstić information content (AvgIpc) is 2.78. The predicted octanol–water partition coefficient (Wildman–Crippen LogP) is 1.92. The van der Waals surface area contributed by atoms with E-state index in [1.807, 2.05) is 12.1 Å². The third-order valence-electron chi connectivity index (χ3n) is 3.40. The van der Waals surface area contributed by atoms with Crippen LogP contribution < -0.4 is 4.90 Å². The van der Waals surface area contributed by atoms with E-state index in [2.05, 4.69) is 11.0 Å². The van der Waals surface area contributed by atoms with Crippen LogP contribution >= 0.6 is 0 Å². The zero-order valence-electron chi connectivity index (χ0n) is 11.1. The van der Waals surface area contributed by atoms with Gasteiger partial charge in [0.2, 0.25) is 0 Å². The summed E-state index contributed by atoms with van der Waals surface area (Å²) < 4.78 is 0. The molecule has 2 rings (SSSR count). The molecule has 0 aliphatic carbocycles. The van der Waals surface area contributed by atoms with Gasteiger partial charge in [-0.25, -0.2) is 4.79 Å². The van der Waals surface area contributed by atoms with Crippen LogP contribution in [-0.2, 0) is 11.2 Å². The van der Waals surface area contributed by atoms with E-state index in [4.69, 9.17) is 10.2 Å². The Morgan fingerprint density at radius 3 is 2.95 bits per heavy atom. The number of carbonyl (C=O) groups is 1. The first-order valence-electron chi connectivity index (χ1n) is 6.52. The number of aliphatic hydroxyl groups excluding tert-OH is 1. The minimum Gasteiger partial charge on any atom is -0.478 e. The van der Waals surface area contributed by atoms with Gasteiger partial charge in [0.05, 0.1) is 0 Å². The van der Waals surface area contributed by atoms with Crippen molar-refractivity contribution in [2.75, 3.05) is 24.6 Å². The number of benzene rings is 1. The summed E-state index contributed by atoms with van der Waals surface area (Å²) in [4.78, 5) is 13.1. The third kappa shape index (κ3) is 3.15. The molecule has 1 aliphatic rings. The molecule has 0 atom stereocenters. The molecule has 1 aromatic carbocycles. The fraction of sp³-hybridized carbons (Fsp3) is 0.400. The largest absolute Gasteiger partial charge is 0.478 e. The van der Waals surface area contributed by atoms with Crippen molar-refractivity contribution in [3.63, 3.8) is 0 Å². The van der Waals surface area contributed by atoms with E-state index >= 15 is 0 Å². The molecule has 1 aromatic rings. The van der Waals surface area contributed by atoms with Gasteiger partial charge in [-0.1, -0.05) is 6.07 Å². The smallest absolute Gasteiger partial charge is 0.331 e. The lowest BCUT2D eigenvalue weighted by atomic mass is 10.1. The second-order valence-electron chi connectivity index (χ2n) is 4.83. The third-order valence-corrected chi connectivity index (χ3v) is 3.40. The van der Waals surface area contributed by atoms with Crippen molar-refractivity contribution in [3.8, 4) is 0 Å². The second kappa shape index (κ2) is 5.89. The van der Waals surface area contributed by atoms with Gasteiger partial charge in [-0.2, -0.15) is 0 Å². The van der Waals surface area contributed by atoms with Gasteiger partial charge in [-0.15, -0.1) is 0 Å². The van der Waals surface area contributed by atoms with E-state index < -0.39 is 5.97 Å². The van der Waals surface area contributed by atoms with Crippen molar-refractivity contribution >= 4 is 17.7 Å². The summed E-state index contributed by atoms with van der Waals surface area (Å²) in [6.45, 7) is 3.65. The van der Waals surface area contributed by atoms with Crippen LogP contribution in [0.4, 0.5) is 5.69 Å².